The van der Waals surface area contributed by atoms with Gasteiger partial charge in [-0.2, -0.15) is 0 Å². The number of thiophene rings is 1. The number of aromatic nitrogens is 1. The molecule has 0 spiro atoms. The maximum atomic E-state index is 12.6. The lowest BCUT2D eigenvalue weighted by Gasteiger charge is -2.18. The molecule has 4 aromatic rings. The number of rotatable bonds is 5. The summed E-state index contributed by atoms with van der Waals surface area (Å²) in [5.41, 5.74) is 3.77. The first-order valence-corrected chi connectivity index (χ1v) is 10.0. The summed E-state index contributed by atoms with van der Waals surface area (Å²) in [6.45, 7) is 0.453. The summed E-state index contributed by atoms with van der Waals surface area (Å²) in [6, 6.07) is 19.9. The summed E-state index contributed by atoms with van der Waals surface area (Å²) in [5.74, 6) is -0.205. The number of fused-ring (bicyclic) bond motifs is 1. The molecule has 0 radical (unpaired) electrons. The first-order chi connectivity index (χ1) is 13.1. The monoisotopic (exact) mass is 414 g/mol. The molecule has 27 heavy (non-hydrogen) atoms. The molecule has 0 aliphatic heterocycles. The van der Waals surface area contributed by atoms with Crippen LogP contribution in [0.1, 0.15) is 27.4 Å². The van der Waals surface area contributed by atoms with E-state index in [1.807, 2.05) is 42.6 Å². The molecular weight excluding hydrogens is 399 g/mol. The van der Waals surface area contributed by atoms with Gasteiger partial charge in [0.25, 0.3) is 5.91 Å². The molecule has 0 saturated carbocycles. The Bertz CT molecular complexity index is 1090. The molecule has 6 heteroatoms. The van der Waals surface area contributed by atoms with Gasteiger partial charge in [-0.25, -0.2) is 0 Å². The highest BCUT2D eigenvalue weighted by Gasteiger charge is 2.20. The Hall–Kier alpha value is -2.27. The lowest BCUT2D eigenvalue weighted by molar-refractivity contribution is 0.0953. The number of carbonyl (C=O) groups excluding carboxylic acids is 1. The third kappa shape index (κ3) is 3.74. The molecule has 0 aliphatic rings. The Morgan fingerprint density at radius 3 is 2.56 bits per heavy atom. The van der Waals surface area contributed by atoms with Gasteiger partial charge < -0.3 is 10.3 Å². The number of benzene rings is 2. The zero-order valence-corrected chi connectivity index (χ0v) is 16.5. The molecule has 1 unspecified atom stereocenters. The van der Waals surface area contributed by atoms with Gasteiger partial charge in [0, 0.05) is 29.6 Å². The van der Waals surface area contributed by atoms with Gasteiger partial charge in [0.1, 0.15) is 4.34 Å². The number of carbonyl (C=O) groups is 1. The number of aromatic amines is 1. The predicted molar refractivity (Wildman–Crippen MR) is 113 cm³/mol. The van der Waals surface area contributed by atoms with Crippen LogP contribution in [0.3, 0.4) is 0 Å². The average Bonchev–Trinajstić information content (AvgIpc) is 3.26. The summed E-state index contributed by atoms with van der Waals surface area (Å²) in [7, 11) is 0. The lowest BCUT2D eigenvalue weighted by Crippen LogP contribution is -2.28. The number of halogens is 2. The van der Waals surface area contributed by atoms with Crippen LogP contribution in [0.2, 0.25) is 8.67 Å². The Morgan fingerprint density at radius 2 is 1.81 bits per heavy atom. The van der Waals surface area contributed by atoms with E-state index >= 15 is 0 Å². The van der Waals surface area contributed by atoms with Gasteiger partial charge in [-0.05, 0) is 23.3 Å². The van der Waals surface area contributed by atoms with E-state index in [4.69, 9.17) is 23.2 Å². The van der Waals surface area contributed by atoms with E-state index in [1.165, 1.54) is 11.3 Å². The van der Waals surface area contributed by atoms with Gasteiger partial charge >= 0.3 is 0 Å². The van der Waals surface area contributed by atoms with Crippen LogP contribution in [-0.2, 0) is 0 Å². The van der Waals surface area contributed by atoms with Gasteiger partial charge in [0.05, 0.1) is 9.90 Å². The van der Waals surface area contributed by atoms with Crippen LogP contribution in [0.15, 0.2) is 66.9 Å². The van der Waals surface area contributed by atoms with E-state index in [2.05, 4.69) is 28.5 Å². The van der Waals surface area contributed by atoms with Crippen LogP contribution in [0.5, 0.6) is 0 Å². The Labute approximate surface area is 170 Å². The fourth-order valence-electron chi connectivity index (χ4n) is 3.26. The number of nitrogens with one attached hydrogen (secondary N) is 2. The second kappa shape index (κ2) is 7.77. The number of hydrogen-bond acceptors (Lipinski definition) is 2. The molecule has 136 valence electrons. The Morgan fingerprint density at radius 1 is 1.07 bits per heavy atom. The lowest BCUT2D eigenvalue weighted by atomic mass is 9.91. The zero-order valence-electron chi connectivity index (χ0n) is 14.2. The average molecular weight is 415 g/mol. The van der Waals surface area contributed by atoms with Crippen molar-refractivity contribution >= 4 is 51.3 Å². The summed E-state index contributed by atoms with van der Waals surface area (Å²) in [5, 5.41) is 4.17. The fraction of sp³-hybridized carbons (Fsp3) is 0.0952. The molecule has 1 atom stereocenters. The maximum absolute atomic E-state index is 12.6. The first kappa shape index (κ1) is 18.1. The Kier molecular flexibility index (Phi) is 5.21. The third-order valence-corrected chi connectivity index (χ3v) is 6.05. The zero-order chi connectivity index (χ0) is 18.8. The highest BCUT2D eigenvalue weighted by molar-refractivity contribution is 7.20. The van der Waals surface area contributed by atoms with Gasteiger partial charge in [-0.1, -0.05) is 71.7 Å². The van der Waals surface area contributed by atoms with Crippen LogP contribution in [0, 0.1) is 0 Å². The van der Waals surface area contributed by atoms with Gasteiger partial charge in [0.2, 0.25) is 0 Å². The van der Waals surface area contributed by atoms with Crippen molar-refractivity contribution in [2.75, 3.05) is 6.54 Å². The maximum Gasteiger partial charge on any atom is 0.253 e. The molecule has 2 aromatic heterocycles. The van der Waals surface area contributed by atoms with E-state index in [0.29, 0.717) is 20.8 Å². The van der Waals surface area contributed by atoms with Crippen molar-refractivity contribution in [1.29, 1.82) is 0 Å². The van der Waals surface area contributed by atoms with Crippen LogP contribution >= 0.6 is 34.5 Å². The quantitative estimate of drug-likeness (QED) is 0.407. The van der Waals surface area contributed by atoms with Crippen LogP contribution < -0.4 is 5.32 Å². The highest BCUT2D eigenvalue weighted by atomic mass is 35.5. The van der Waals surface area contributed by atoms with E-state index in [-0.39, 0.29) is 11.8 Å². The summed E-state index contributed by atoms with van der Waals surface area (Å²) in [6.07, 6.45) is 2.02. The van der Waals surface area contributed by atoms with Crippen molar-refractivity contribution in [3.8, 4) is 0 Å². The summed E-state index contributed by atoms with van der Waals surface area (Å²) < 4.78 is 0.905. The first-order valence-electron chi connectivity index (χ1n) is 8.47. The molecule has 2 heterocycles. The molecule has 2 N–H and O–H groups in total. The molecule has 2 aromatic carbocycles. The molecule has 4 rings (SSSR count). The van der Waals surface area contributed by atoms with Gasteiger partial charge in [-0.15, -0.1) is 11.3 Å². The largest absolute Gasteiger partial charge is 0.361 e. The van der Waals surface area contributed by atoms with Crippen LogP contribution in [0.4, 0.5) is 0 Å². The van der Waals surface area contributed by atoms with E-state index in [0.717, 1.165) is 22.0 Å². The molecule has 1 amide bonds. The fourth-order valence-corrected chi connectivity index (χ4v) is 4.72. The van der Waals surface area contributed by atoms with E-state index in [9.17, 15) is 4.79 Å². The number of hydrogen-bond donors (Lipinski definition) is 2. The molecule has 0 bridgehead atoms. The predicted octanol–water partition coefficient (Wildman–Crippen LogP) is 6.10. The number of para-hydroxylation sites is 1. The molecule has 3 nitrogen and oxygen atoms in total. The summed E-state index contributed by atoms with van der Waals surface area (Å²) >= 11 is 13.3. The van der Waals surface area contributed by atoms with E-state index in [1.54, 1.807) is 6.07 Å². The minimum Gasteiger partial charge on any atom is -0.361 e. The molecular formula is C21H16Cl2N2OS. The van der Waals surface area contributed by atoms with Crippen LogP contribution in [-0.4, -0.2) is 17.4 Å². The molecule has 0 saturated heterocycles. The normalized spacial score (nSPS) is 12.2. The third-order valence-electron chi connectivity index (χ3n) is 4.57. The second-order valence-electron chi connectivity index (χ2n) is 6.20. The van der Waals surface area contributed by atoms with Crippen LogP contribution in [0.25, 0.3) is 10.9 Å². The van der Waals surface area contributed by atoms with Gasteiger partial charge in [0.15, 0.2) is 0 Å². The molecule has 0 aliphatic carbocycles. The number of amides is 1. The number of H-pyrrole nitrogens is 1. The smallest absolute Gasteiger partial charge is 0.253 e. The van der Waals surface area contributed by atoms with E-state index < -0.39 is 0 Å². The van der Waals surface area contributed by atoms with Crippen molar-refractivity contribution in [3.05, 3.63) is 92.2 Å². The van der Waals surface area contributed by atoms with Crippen molar-refractivity contribution in [1.82, 2.24) is 10.3 Å². The molecule has 0 fully saturated rings. The Balaban J connectivity index is 1.65. The topological polar surface area (TPSA) is 44.9 Å². The minimum absolute atomic E-state index is 0.0131. The standard InChI is InChI=1S/C21H16Cl2N2OS/c22-19-10-15(20(23)27-19)21(26)25-11-16(13-6-2-1-3-7-13)17-12-24-18-9-5-4-8-14(17)18/h1-10,12,16,24H,11H2,(H,25,26). The second-order valence-corrected chi connectivity index (χ2v) is 8.49. The van der Waals surface area contributed by atoms with Gasteiger partial charge in [-0.3, -0.25) is 4.79 Å². The van der Waals surface area contributed by atoms with Crippen molar-refractivity contribution in [2.24, 2.45) is 0 Å². The highest BCUT2D eigenvalue weighted by Crippen LogP contribution is 2.32. The van der Waals surface area contributed by atoms with Crippen molar-refractivity contribution in [3.63, 3.8) is 0 Å². The minimum atomic E-state index is -0.219. The summed E-state index contributed by atoms with van der Waals surface area (Å²) in [4.78, 5) is 15.9. The van der Waals surface area contributed by atoms with Crippen molar-refractivity contribution in [2.45, 2.75) is 5.92 Å². The van der Waals surface area contributed by atoms with Crippen molar-refractivity contribution < 1.29 is 4.79 Å². The SMILES string of the molecule is O=C(NCC(c1ccccc1)c1c[nH]c2ccccc12)c1cc(Cl)sc1Cl.